The lowest BCUT2D eigenvalue weighted by Gasteiger charge is -2.07. The number of halogens is 1. The molecule has 1 aromatic carbocycles. The van der Waals surface area contributed by atoms with Gasteiger partial charge >= 0.3 is 0 Å². The van der Waals surface area contributed by atoms with Crippen LogP contribution in [0.1, 0.15) is 0 Å². The topological polar surface area (TPSA) is 50.4 Å². The monoisotopic (exact) mass is 302 g/mol. The highest BCUT2D eigenvalue weighted by Crippen LogP contribution is 2.26. The maximum Gasteiger partial charge on any atom is 0.230 e. The first-order valence-electron chi connectivity index (χ1n) is 6.07. The van der Waals surface area contributed by atoms with Gasteiger partial charge in [0.25, 0.3) is 0 Å². The quantitative estimate of drug-likeness (QED) is 0.539. The molecular formula is C13H19ClN2O2S. The number of nitrogens with one attached hydrogen (secondary N) is 2. The van der Waals surface area contributed by atoms with Crippen molar-refractivity contribution >= 4 is 29.3 Å². The van der Waals surface area contributed by atoms with Crippen molar-refractivity contribution < 1.29 is 9.53 Å². The second kappa shape index (κ2) is 10.1. The van der Waals surface area contributed by atoms with Gasteiger partial charge in [0.2, 0.25) is 5.91 Å². The van der Waals surface area contributed by atoms with Crippen LogP contribution in [0.15, 0.2) is 29.2 Å². The number of carbonyl (C=O) groups is 1. The molecule has 0 fully saturated rings. The molecule has 0 aliphatic heterocycles. The zero-order valence-corrected chi connectivity index (χ0v) is 12.5. The fraction of sp³-hybridized carbons (Fsp3) is 0.462. The van der Waals surface area contributed by atoms with Crippen LogP contribution in [0.4, 0.5) is 0 Å². The predicted molar refractivity (Wildman–Crippen MR) is 79.9 cm³/mol. The largest absolute Gasteiger partial charge is 0.383 e. The average Bonchev–Trinajstić information content (AvgIpc) is 2.42. The first-order chi connectivity index (χ1) is 9.24. The van der Waals surface area contributed by atoms with Gasteiger partial charge in [0.05, 0.1) is 17.4 Å². The van der Waals surface area contributed by atoms with Gasteiger partial charge in [-0.25, -0.2) is 0 Å². The van der Waals surface area contributed by atoms with Crippen LogP contribution in [0.25, 0.3) is 0 Å². The fourth-order valence-electron chi connectivity index (χ4n) is 1.35. The molecule has 0 saturated heterocycles. The lowest BCUT2D eigenvalue weighted by molar-refractivity contribution is -0.118. The molecule has 1 amide bonds. The van der Waals surface area contributed by atoms with E-state index in [1.165, 1.54) is 11.8 Å². The van der Waals surface area contributed by atoms with E-state index in [1.807, 2.05) is 24.3 Å². The van der Waals surface area contributed by atoms with E-state index in [0.717, 1.165) is 18.0 Å². The van der Waals surface area contributed by atoms with E-state index in [0.29, 0.717) is 23.9 Å². The summed E-state index contributed by atoms with van der Waals surface area (Å²) in [5.74, 6) is 0.389. The lowest BCUT2D eigenvalue weighted by Crippen LogP contribution is -2.33. The summed E-state index contributed by atoms with van der Waals surface area (Å²) in [4.78, 5) is 12.5. The van der Waals surface area contributed by atoms with Gasteiger partial charge in [-0.2, -0.15) is 0 Å². The third-order valence-corrected chi connectivity index (χ3v) is 3.82. The van der Waals surface area contributed by atoms with E-state index in [2.05, 4.69) is 10.6 Å². The Morgan fingerprint density at radius 3 is 2.84 bits per heavy atom. The number of hydrogen-bond acceptors (Lipinski definition) is 4. The Bertz CT molecular complexity index is 391. The molecule has 2 N–H and O–H groups in total. The molecule has 0 atom stereocenters. The molecule has 0 aromatic heterocycles. The van der Waals surface area contributed by atoms with Crippen molar-refractivity contribution in [2.45, 2.75) is 4.90 Å². The maximum absolute atomic E-state index is 11.6. The minimum absolute atomic E-state index is 0.0125. The molecule has 0 spiro atoms. The van der Waals surface area contributed by atoms with Gasteiger partial charge in [0.1, 0.15) is 0 Å². The Balaban J connectivity index is 2.10. The molecular weight excluding hydrogens is 284 g/mol. The standard InChI is InChI=1S/C13H19ClN2O2S/c1-18-9-8-15-6-7-16-13(17)10-19-12-5-3-2-4-11(12)14/h2-5,15H,6-10H2,1H3,(H,16,17). The van der Waals surface area contributed by atoms with Gasteiger partial charge in [0.15, 0.2) is 0 Å². The number of ether oxygens (including phenoxy) is 1. The molecule has 0 radical (unpaired) electrons. The lowest BCUT2D eigenvalue weighted by atomic mass is 10.4. The van der Waals surface area contributed by atoms with Gasteiger partial charge in [0, 0.05) is 31.6 Å². The summed E-state index contributed by atoms with van der Waals surface area (Å²) >= 11 is 7.45. The Morgan fingerprint density at radius 2 is 2.11 bits per heavy atom. The second-order valence-corrected chi connectivity index (χ2v) is 5.24. The van der Waals surface area contributed by atoms with Crippen molar-refractivity contribution in [1.29, 1.82) is 0 Å². The van der Waals surface area contributed by atoms with Crippen LogP contribution in [0.3, 0.4) is 0 Å². The van der Waals surface area contributed by atoms with Gasteiger partial charge in [-0.1, -0.05) is 23.7 Å². The number of carbonyl (C=O) groups excluding carboxylic acids is 1. The van der Waals surface area contributed by atoms with Gasteiger partial charge in [-0.05, 0) is 12.1 Å². The van der Waals surface area contributed by atoms with E-state index in [-0.39, 0.29) is 5.91 Å². The number of amides is 1. The molecule has 0 bridgehead atoms. The van der Waals surface area contributed by atoms with Crippen LogP contribution in [-0.4, -0.2) is 45.0 Å². The van der Waals surface area contributed by atoms with E-state index in [4.69, 9.17) is 16.3 Å². The number of thioether (sulfide) groups is 1. The molecule has 6 heteroatoms. The Hall–Kier alpha value is -0.750. The highest BCUT2D eigenvalue weighted by atomic mass is 35.5. The number of hydrogen-bond donors (Lipinski definition) is 2. The molecule has 0 aliphatic carbocycles. The maximum atomic E-state index is 11.6. The molecule has 106 valence electrons. The zero-order valence-electron chi connectivity index (χ0n) is 10.9. The minimum atomic E-state index is 0.0125. The van der Waals surface area contributed by atoms with Crippen molar-refractivity contribution in [3.05, 3.63) is 29.3 Å². The molecule has 0 unspecified atom stereocenters. The van der Waals surface area contributed by atoms with E-state index in [1.54, 1.807) is 7.11 Å². The molecule has 19 heavy (non-hydrogen) atoms. The third kappa shape index (κ3) is 7.42. The van der Waals surface area contributed by atoms with Crippen LogP contribution in [-0.2, 0) is 9.53 Å². The first kappa shape index (κ1) is 16.3. The van der Waals surface area contributed by atoms with Crippen LogP contribution in [0.2, 0.25) is 5.02 Å². The summed E-state index contributed by atoms with van der Waals surface area (Å²) in [6.45, 7) is 2.83. The van der Waals surface area contributed by atoms with Gasteiger partial charge in [-0.3, -0.25) is 4.79 Å². The number of methoxy groups -OCH3 is 1. The van der Waals surface area contributed by atoms with Crippen molar-refractivity contribution in [1.82, 2.24) is 10.6 Å². The Labute approximate surface area is 123 Å². The Morgan fingerprint density at radius 1 is 1.32 bits per heavy atom. The van der Waals surface area contributed by atoms with Gasteiger partial charge < -0.3 is 15.4 Å². The van der Waals surface area contributed by atoms with E-state index < -0.39 is 0 Å². The molecule has 1 aromatic rings. The second-order valence-electron chi connectivity index (χ2n) is 3.81. The normalized spacial score (nSPS) is 10.4. The molecule has 0 heterocycles. The predicted octanol–water partition coefficient (Wildman–Crippen LogP) is 1.78. The third-order valence-electron chi connectivity index (χ3n) is 2.30. The average molecular weight is 303 g/mol. The van der Waals surface area contributed by atoms with Crippen LogP contribution in [0, 0.1) is 0 Å². The summed E-state index contributed by atoms with van der Waals surface area (Å²) in [7, 11) is 1.66. The minimum Gasteiger partial charge on any atom is -0.383 e. The van der Waals surface area contributed by atoms with Gasteiger partial charge in [-0.15, -0.1) is 11.8 Å². The Kier molecular flexibility index (Phi) is 8.66. The molecule has 0 saturated carbocycles. The molecule has 0 aliphatic rings. The number of benzene rings is 1. The summed E-state index contributed by atoms with van der Waals surface area (Å²) in [6.07, 6.45) is 0. The molecule has 4 nitrogen and oxygen atoms in total. The molecule has 1 rings (SSSR count). The summed E-state index contributed by atoms with van der Waals surface area (Å²) < 4.78 is 4.90. The van der Waals surface area contributed by atoms with Crippen molar-refractivity contribution in [2.75, 3.05) is 39.1 Å². The van der Waals surface area contributed by atoms with E-state index in [9.17, 15) is 4.79 Å². The SMILES string of the molecule is COCCNCCNC(=O)CSc1ccccc1Cl. The summed E-state index contributed by atoms with van der Waals surface area (Å²) in [5.41, 5.74) is 0. The van der Waals surface area contributed by atoms with Crippen LogP contribution >= 0.6 is 23.4 Å². The highest BCUT2D eigenvalue weighted by molar-refractivity contribution is 8.00. The summed E-state index contributed by atoms with van der Waals surface area (Å²) in [6, 6.07) is 7.51. The van der Waals surface area contributed by atoms with Crippen molar-refractivity contribution in [2.24, 2.45) is 0 Å². The van der Waals surface area contributed by atoms with E-state index >= 15 is 0 Å². The van der Waals surface area contributed by atoms with Crippen LogP contribution < -0.4 is 10.6 Å². The van der Waals surface area contributed by atoms with Crippen LogP contribution in [0.5, 0.6) is 0 Å². The van der Waals surface area contributed by atoms with Crippen molar-refractivity contribution in [3.8, 4) is 0 Å². The zero-order chi connectivity index (χ0) is 13.9. The van der Waals surface area contributed by atoms with Crippen molar-refractivity contribution in [3.63, 3.8) is 0 Å². The highest BCUT2D eigenvalue weighted by Gasteiger charge is 2.04. The number of rotatable bonds is 9. The summed E-state index contributed by atoms with van der Waals surface area (Å²) in [5, 5.41) is 6.68. The smallest absolute Gasteiger partial charge is 0.230 e. The first-order valence-corrected chi connectivity index (χ1v) is 7.44. The fourth-order valence-corrected chi connectivity index (χ4v) is 2.41.